The number of nitrogens with two attached hydrogens (primary N) is 1. The van der Waals surface area contributed by atoms with Crippen molar-refractivity contribution in [2.24, 2.45) is 16.6 Å². The van der Waals surface area contributed by atoms with E-state index in [9.17, 15) is 4.79 Å². The summed E-state index contributed by atoms with van der Waals surface area (Å²) in [6.07, 6.45) is 8.12. The first-order chi connectivity index (χ1) is 6.13. The Balaban J connectivity index is 2.16. The van der Waals surface area contributed by atoms with Crippen molar-refractivity contribution in [1.82, 2.24) is 0 Å². The largest absolute Gasteiger partial charge is 0.369 e. The molecule has 0 aromatic heterocycles. The molecule has 0 aromatic carbocycles. The normalized spacial score (nSPS) is 43.5. The van der Waals surface area contributed by atoms with Crippen LogP contribution in [0.1, 0.15) is 51.9 Å². The number of carbonyl (C=O) groups excluding carboxylic acids is 1. The maximum absolute atomic E-state index is 11.3. The molecule has 0 unspecified atom stereocenters. The van der Waals surface area contributed by atoms with Crippen LogP contribution in [0.5, 0.6) is 0 Å². The van der Waals surface area contributed by atoms with Gasteiger partial charge in [-0.15, -0.1) is 0 Å². The third-order valence-corrected chi connectivity index (χ3v) is 4.67. The Morgan fingerprint density at radius 1 is 1.15 bits per heavy atom. The molecule has 0 spiro atoms. The maximum Gasteiger partial charge on any atom is 0.223 e. The highest BCUT2D eigenvalue weighted by molar-refractivity contribution is 5.81. The number of amides is 1. The van der Waals surface area contributed by atoms with Gasteiger partial charge in [0.1, 0.15) is 0 Å². The third kappa shape index (κ3) is 1.18. The first-order valence-corrected chi connectivity index (χ1v) is 5.42. The number of primary amides is 1. The van der Waals surface area contributed by atoms with Crippen molar-refractivity contribution in [3.05, 3.63) is 0 Å². The van der Waals surface area contributed by atoms with Crippen molar-refractivity contribution in [2.75, 3.05) is 0 Å². The summed E-state index contributed by atoms with van der Waals surface area (Å²) in [7, 11) is 0. The molecule has 0 saturated heterocycles. The summed E-state index contributed by atoms with van der Waals surface area (Å²) >= 11 is 0. The molecular weight excluding hydrogens is 162 g/mol. The van der Waals surface area contributed by atoms with Gasteiger partial charge in [-0.2, -0.15) is 0 Å². The van der Waals surface area contributed by atoms with Crippen molar-refractivity contribution in [3.63, 3.8) is 0 Å². The zero-order valence-corrected chi connectivity index (χ0v) is 8.44. The van der Waals surface area contributed by atoms with Gasteiger partial charge in [-0.05, 0) is 43.9 Å². The Labute approximate surface area is 79.9 Å². The highest BCUT2D eigenvalue weighted by atomic mass is 16.1. The van der Waals surface area contributed by atoms with Crippen LogP contribution < -0.4 is 5.73 Å². The average molecular weight is 181 g/mol. The minimum Gasteiger partial charge on any atom is -0.369 e. The van der Waals surface area contributed by atoms with Crippen LogP contribution in [0.3, 0.4) is 0 Å². The van der Waals surface area contributed by atoms with Crippen molar-refractivity contribution in [1.29, 1.82) is 0 Å². The van der Waals surface area contributed by atoms with E-state index >= 15 is 0 Å². The summed E-state index contributed by atoms with van der Waals surface area (Å²) in [6, 6.07) is 0. The molecule has 0 heterocycles. The molecule has 3 aliphatic carbocycles. The lowest BCUT2D eigenvalue weighted by Crippen LogP contribution is -2.48. The number of hydrogen-bond donors (Lipinski definition) is 1. The van der Waals surface area contributed by atoms with E-state index in [0.717, 1.165) is 19.3 Å². The van der Waals surface area contributed by atoms with Gasteiger partial charge in [0.15, 0.2) is 0 Å². The van der Waals surface area contributed by atoms with Crippen molar-refractivity contribution < 1.29 is 4.79 Å². The summed E-state index contributed by atoms with van der Waals surface area (Å²) in [4.78, 5) is 11.3. The van der Waals surface area contributed by atoms with Gasteiger partial charge in [-0.1, -0.05) is 13.3 Å². The fourth-order valence-corrected chi connectivity index (χ4v) is 3.16. The zero-order chi connectivity index (χ0) is 9.53. The van der Waals surface area contributed by atoms with Gasteiger partial charge in [0.05, 0.1) is 0 Å². The van der Waals surface area contributed by atoms with Gasteiger partial charge in [-0.25, -0.2) is 0 Å². The number of fused-ring (bicyclic) bond motifs is 3. The van der Waals surface area contributed by atoms with Crippen molar-refractivity contribution >= 4 is 5.91 Å². The molecule has 3 aliphatic rings. The monoisotopic (exact) mass is 181 g/mol. The lowest BCUT2D eigenvalue weighted by molar-refractivity contribution is -0.137. The van der Waals surface area contributed by atoms with Gasteiger partial charge in [0.2, 0.25) is 5.91 Å². The van der Waals surface area contributed by atoms with Gasteiger partial charge < -0.3 is 5.73 Å². The van der Waals surface area contributed by atoms with E-state index in [1.165, 1.54) is 25.7 Å². The van der Waals surface area contributed by atoms with Gasteiger partial charge in [0, 0.05) is 5.41 Å². The van der Waals surface area contributed by atoms with Crippen LogP contribution in [0.25, 0.3) is 0 Å². The van der Waals surface area contributed by atoms with Crippen LogP contribution in [0, 0.1) is 10.8 Å². The summed E-state index contributed by atoms with van der Waals surface area (Å²) in [5.74, 6) is -0.0445. The van der Waals surface area contributed by atoms with E-state index in [0.29, 0.717) is 5.41 Å². The molecule has 3 fully saturated rings. The van der Waals surface area contributed by atoms with E-state index < -0.39 is 0 Å². The summed E-state index contributed by atoms with van der Waals surface area (Å²) in [6.45, 7) is 2.28. The highest BCUT2D eigenvalue weighted by Crippen LogP contribution is 2.57. The Morgan fingerprint density at radius 2 is 1.62 bits per heavy atom. The molecule has 0 radical (unpaired) electrons. The second-order valence-corrected chi connectivity index (χ2v) is 5.00. The lowest BCUT2D eigenvalue weighted by Gasteiger charge is -2.51. The Kier molecular flexibility index (Phi) is 1.90. The molecule has 0 aliphatic heterocycles. The first-order valence-electron chi connectivity index (χ1n) is 5.42. The molecule has 3 rings (SSSR count). The minimum absolute atomic E-state index is 0.0445. The topological polar surface area (TPSA) is 43.1 Å². The Morgan fingerprint density at radius 3 is 1.92 bits per heavy atom. The molecule has 1 amide bonds. The zero-order valence-electron chi connectivity index (χ0n) is 8.44. The fourth-order valence-electron chi connectivity index (χ4n) is 3.16. The number of carbonyl (C=O) groups is 1. The van der Waals surface area contributed by atoms with Crippen molar-refractivity contribution in [3.8, 4) is 0 Å². The van der Waals surface area contributed by atoms with Gasteiger partial charge in [-0.3, -0.25) is 4.79 Å². The number of hydrogen-bond acceptors (Lipinski definition) is 1. The third-order valence-electron chi connectivity index (χ3n) is 4.67. The quantitative estimate of drug-likeness (QED) is 0.697. The van der Waals surface area contributed by atoms with Crippen LogP contribution >= 0.6 is 0 Å². The summed E-state index contributed by atoms with van der Waals surface area (Å²) in [5, 5.41) is 0. The molecule has 3 saturated carbocycles. The average Bonchev–Trinajstić information content (AvgIpc) is 2.20. The smallest absolute Gasteiger partial charge is 0.223 e. The fraction of sp³-hybridized carbons (Fsp3) is 0.909. The van der Waals surface area contributed by atoms with Crippen LogP contribution in [-0.4, -0.2) is 5.91 Å². The molecule has 74 valence electrons. The highest BCUT2D eigenvalue weighted by Gasteiger charge is 2.50. The van der Waals surface area contributed by atoms with E-state index in [1.54, 1.807) is 0 Å². The number of rotatable bonds is 2. The Bertz CT molecular complexity index is 210. The molecule has 2 N–H and O–H groups in total. The Hall–Kier alpha value is -0.530. The molecule has 0 atom stereocenters. The van der Waals surface area contributed by atoms with E-state index in [1.807, 2.05) is 0 Å². The molecule has 13 heavy (non-hydrogen) atoms. The lowest BCUT2D eigenvalue weighted by atomic mass is 9.53. The molecular formula is C11H19NO. The molecule has 2 nitrogen and oxygen atoms in total. The van der Waals surface area contributed by atoms with Gasteiger partial charge in [0.25, 0.3) is 0 Å². The van der Waals surface area contributed by atoms with E-state index in [-0.39, 0.29) is 11.3 Å². The molecule has 2 bridgehead atoms. The summed E-state index contributed by atoms with van der Waals surface area (Å²) in [5.41, 5.74) is 5.96. The second-order valence-electron chi connectivity index (χ2n) is 5.00. The van der Waals surface area contributed by atoms with E-state index in [2.05, 4.69) is 6.92 Å². The van der Waals surface area contributed by atoms with Crippen LogP contribution in [0.4, 0.5) is 0 Å². The standard InChI is InChI=1S/C11H19NO/c1-2-10-3-6-11(7-4-10,8-5-10)9(12)13/h2-8H2,1H3,(H2,12,13). The predicted octanol–water partition coefficient (Wildman–Crippen LogP) is 2.22. The minimum atomic E-state index is -0.100. The van der Waals surface area contributed by atoms with Crippen molar-refractivity contribution in [2.45, 2.75) is 51.9 Å². The van der Waals surface area contributed by atoms with E-state index in [4.69, 9.17) is 5.73 Å². The SMILES string of the molecule is CCC12CCC(C(N)=O)(CC1)CC2. The maximum atomic E-state index is 11.3. The molecule has 0 aromatic rings. The van der Waals surface area contributed by atoms with Crippen LogP contribution in [0.15, 0.2) is 0 Å². The van der Waals surface area contributed by atoms with Gasteiger partial charge >= 0.3 is 0 Å². The first kappa shape index (κ1) is 9.04. The second kappa shape index (κ2) is 2.73. The van der Waals surface area contributed by atoms with Crippen LogP contribution in [-0.2, 0) is 4.79 Å². The predicted molar refractivity (Wildman–Crippen MR) is 52.1 cm³/mol. The van der Waals surface area contributed by atoms with Crippen LogP contribution in [0.2, 0.25) is 0 Å². The summed E-state index contributed by atoms with van der Waals surface area (Å²) < 4.78 is 0. The molecule has 2 heteroatoms.